The number of halogens is 1. The highest BCUT2D eigenvalue weighted by molar-refractivity contribution is 6.31. The van der Waals surface area contributed by atoms with E-state index in [0.717, 1.165) is 36.3 Å². The predicted molar refractivity (Wildman–Crippen MR) is 104 cm³/mol. The number of amides is 2. The molecule has 1 unspecified atom stereocenters. The van der Waals surface area contributed by atoms with E-state index in [9.17, 15) is 9.59 Å². The van der Waals surface area contributed by atoms with Gasteiger partial charge in [-0.25, -0.2) is 0 Å². The van der Waals surface area contributed by atoms with Crippen molar-refractivity contribution in [2.45, 2.75) is 26.2 Å². The first-order valence-corrected chi connectivity index (χ1v) is 9.38. The lowest BCUT2D eigenvalue weighted by molar-refractivity contribution is -0.124. The van der Waals surface area contributed by atoms with Gasteiger partial charge in [0, 0.05) is 35.9 Å². The minimum atomic E-state index is -0.313. The summed E-state index contributed by atoms with van der Waals surface area (Å²) in [5.41, 5.74) is 3.99. The molecule has 0 saturated carbocycles. The van der Waals surface area contributed by atoms with Crippen LogP contribution < -0.4 is 9.80 Å². The topological polar surface area (TPSA) is 40.6 Å². The summed E-state index contributed by atoms with van der Waals surface area (Å²) in [6.07, 6.45) is 2.21. The molecular weight excluding hydrogens is 348 g/mol. The van der Waals surface area contributed by atoms with Crippen molar-refractivity contribution in [3.8, 4) is 0 Å². The van der Waals surface area contributed by atoms with Crippen LogP contribution >= 0.6 is 11.6 Å². The summed E-state index contributed by atoms with van der Waals surface area (Å²) in [5, 5.41) is 0.595. The Labute approximate surface area is 158 Å². The van der Waals surface area contributed by atoms with Gasteiger partial charge in [0.05, 0.1) is 5.92 Å². The molecule has 134 valence electrons. The highest BCUT2D eigenvalue weighted by atomic mass is 35.5. The second-order valence-corrected chi connectivity index (χ2v) is 7.49. The first-order chi connectivity index (χ1) is 12.5. The Morgan fingerprint density at radius 3 is 2.81 bits per heavy atom. The van der Waals surface area contributed by atoms with Crippen molar-refractivity contribution in [1.29, 1.82) is 0 Å². The number of benzene rings is 2. The summed E-state index contributed by atoms with van der Waals surface area (Å²) >= 11 is 6.11. The van der Waals surface area contributed by atoms with Gasteiger partial charge in [-0.3, -0.25) is 9.59 Å². The molecule has 2 aliphatic heterocycles. The molecule has 4 nitrogen and oxygen atoms in total. The quantitative estimate of drug-likeness (QED) is 0.804. The average molecular weight is 369 g/mol. The number of anilines is 2. The minimum Gasteiger partial charge on any atom is -0.312 e. The number of aryl methyl sites for hydroxylation is 2. The van der Waals surface area contributed by atoms with E-state index in [0.29, 0.717) is 11.6 Å². The molecule has 0 N–H and O–H groups in total. The van der Waals surface area contributed by atoms with Crippen LogP contribution in [0.25, 0.3) is 0 Å². The highest BCUT2D eigenvalue weighted by Gasteiger charge is 2.38. The van der Waals surface area contributed by atoms with Crippen molar-refractivity contribution in [2.24, 2.45) is 5.92 Å². The summed E-state index contributed by atoms with van der Waals surface area (Å²) in [7, 11) is 0. The number of rotatable bonds is 2. The van der Waals surface area contributed by atoms with E-state index in [4.69, 9.17) is 11.6 Å². The van der Waals surface area contributed by atoms with Crippen LogP contribution in [0, 0.1) is 12.8 Å². The van der Waals surface area contributed by atoms with E-state index >= 15 is 0 Å². The number of carbonyl (C=O) groups excluding carboxylic acids is 2. The molecule has 0 spiro atoms. The number of hydrogen-bond donors (Lipinski definition) is 0. The second kappa shape index (κ2) is 6.76. The Bertz CT molecular complexity index is 880. The third-order valence-electron chi connectivity index (χ3n) is 5.31. The Morgan fingerprint density at radius 2 is 1.96 bits per heavy atom. The molecule has 0 aromatic heterocycles. The van der Waals surface area contributed by atoms with Gasteiger partial charge in [0.2, 0.25) is 11.8 Å². The Hall–Kier alpha value is -2.33. The molecule has 2 aromatic carbocycles. The van der Waals surface area contributed by atoms with Gasteiger partial charge in [0.1, 0.15) is 0 Å². The van der Waals surface area contributed by atoms with Gasteiger partial charge in [0.15, 0.2) is 0 Å². The summed E-state index contributed by atoms with van der Waals surface area (Å²) < 4.78 is 0. The summed E-state index contributed by atoms with van der Waals surface area (Å²) in [4.78, 5) is 29.3. The zero-order valence-electron chi connectivity index (χ0n) is 14.7. The average Bonchev–Trinajstić information content (AvgIpc) is 3.04. The van der Waals surface area contributed by atoms with E-state index < -0.39 is 0 Å². The second-order valence-electron chi connectivity index (χ2n) is 7.06. The van der Waals surface area contributed by atoms with Gasteiger partial charge >= 0.3 is 0 Å². The summed E-state index contributed by atoms with van der Waals surface area (Å²) in [6, 6.07) is 13.6. The van der Waals surface area contributed by atoms with Crippen molar-refractivity contribution < 1.29 is 9.59 Å². The highest BCUT2D eigenvalue weighted by Crippen LogP contribution is 2.33. The molecule has 5 heteroatoms. The molecule has 0 bridgehead atoms. The van der Waals surface area contributed by atoms with Gasteiger partial charge in [-0.05, 0) is 49.1 Å². The van der Waals surface area contributed by atoms with Crippen LogP contribution in [-0.2, 0) is 16.0 Å². The largest absolute Gasteiger partial charge is 0.312 e. The molecule has 1 saturated heterocycles. The maximum Gasteiger partial charge on any atom is 0.232 e. The molecule has 2 aromatic rings. The van der Waals surface area contributed by atoms with Crippen LogP contribution in [0.4, 0.5) is 11.4 Å². The standard InChI is InChI=1S/C21H21ClN2O2/c1-14-8-9-17(22)12-19(14)24-13-16(11-20(24)25)21(26)23-10-4-6-15-5-2-3-7-18(15)23/h2-3,5,7-9,12,16H,4,6,10-11,13H2,1H3. The molecule has 26 heavy (non-hydrogen) atoms. The van der Waals surface area contributed by atoms with Crippen LogP contribution in [-0.4, -0.2) is 24.9 Å². The van der Waals surface area contributed by atoms with Gasteiger partial charge < -0.3 is 9.80 Å². The number of para-hydroxylation sites is 1. The Balaban J connectivity index is 1.58. The van der Waals surface area contributed by atoms with E-state index in [1.165, 1.54) is 5.56 Å². The van der Waals surface area contributed by atoms with Crippen LogP contribution in [0.1, 0.15) is 24.0 Å². The fourth-order valence-electron chi connectivity index (χ4n) is 3.96. The van der Waals surface area contributed by atoms with Crippen molar-refractivity contribution in [3.05, 3.63) is 58.6 Å². The number of hydrogen-bond acceptors (Lipinski definition) is 2. The maximum absolute atomic E-state index is 13.2. The third kappa shape index (κ3) is 2.99. The van der Waals surface area contributed by atoms with E-state index in [1.54, 1.807) is 11.0 Å². The maximum atomic E-state index is 13.2. The zero-order chi connectivity index (χ0) is 18.3. The lowest BCUT2D eigenvalue weighted by Gasteiger charge is -2.31. The lowest BCUT2D eigenvalue weighted by Crippen LogP contribution is -2.40. The van der Waals surface area contributed by atoms with Crippen molar-refractivity contribution in [2.75, 3.05) is 22.9 Å². The Kier molecular flexibility index (Phi) is 4.45. The number of carbonyl (C=O) groups is 2. The van der Waals surface area contributed by atoms with Gasteiger partial charge in [-0.2, -0.15) is 0 Å². The van der Waals surface area contributed by atoms with Crippen molar-refractivity contribution in [1.82, 2.24) is 0 Å². The van der Waals surface area contributed by atoms with Crippen LogP contribution in [0.15, 0.2) is 42.5 Å². The van der Waals surface area contributed by atoms with Crippen LogP contribution in [0.3, 0.4) is 0 Å². The van der Waals surface area contributed by atoms with Crippen LogP contribution in [0.2, 0.25) is 5.02 Å². The van der Waals surface area contributed by atoms with Crippen molar-refractivity contribution >= 4 is 34.8 Å². The fourth-order valence-corrected chi connectivity index (χ4v) is 4.13. The molecule has 2 heterocycles. The first kappa shape index (κ1) is 17.1. The van der Waals surface area contributed by atoms with Crippen molar-refractivity contribution in [3.63, 3.8) is 0 Å². The monoisotopic (exact) mass is 368 g/mol. The molecule has 0 aliphatic carbocycles. The van der Waals surface area contributed by atoms with E-state index in [2.05, 4.69) is 6.07 Å². The normalized spacial score (nSPS) is 19.6. The molecule has 2 amide bonds. The smallest absolute Gasteiger partial charge is 0.232 e. The number of nitrogens with zero attached hydrogens (tertiary/aromatic N) is 2. The van der Waals surface area contributed by atoms with E-state index in [1.807, 2.05) is 42.2 Å². The fraction of sp³-hybridized carbons (Fsp3) is 0.333. The molecular formula is C21H21ClN2O2. The van der Waals surface area contributed by atoms with Gasteiger partial charge in [0.25, 0.3) is 0 Å². The lowest BCUT2D eigenvalue weighted by atomic mass is 9.99. The zero-order valence-corrected chi connectivity index (χ0v) is 15.5. The minimum absolute atomic E-state index is 0.0148. The number of fused-ring (bicyclic) bond motifs is 1. The molecule has 1 atom stereocenters. The molecule has 4 rings (SSSR count). The predicted octanol–water partition coefficient (Wildman–Crippen LogP) is 3.98. The van der Waals surface area contributed by atoms with Gasteiger partial charge in [-0.1, -0.05) is 35.9 Å². The molecule has 1 fully saturated rings. The third-order valence-corrected chi connectivity index (χ3v) is 5.55. The van der Waals surface area contributed by atoms with Gasteiger partial charge in [-0.15, -0.1) is 0 Å². The summed E-state index contributed by atoms with van der Waals surface area (Å²) in [5.74, 6) is -0.279. The molecule has 0 radical (unpaired) electrons. The first-order valence-electron chi connectivity index (χ1n) is 9.00. The summed E-state index contributed by atoms with van der Waals surface area (Å²) in [6.45, 7) is 3.09. The van der Waals surface area contributed by atoms with Crippen LogP contribution in [0.5, 0.6) is 0 Å². The molecule has 2 aliphatic rings. The SMILES string of the molecule is Cc1ccc(Cl)cc1N1CC(C(=O)N2CCCc3ccccc32)CC1=O. The Morgan fingerprint density at radius 1 is 1.15 bits per heavy atom. The van der Waals surface area contributed by atoms with E-state index in [-0.39, 0.29) is 24.2 Å².